The molecule has 3 heterocycles. The van der Waals surface area contributed by atoms with Crippen molar-refractivity contribution in [2.75, 3.05) is 25.5 Å². The first-order valence-electron chi connectivity index (χ1n) is 13.7. The molecule has 9 nitrogen and oxygen atoms in total. The number of esters is 1. The molecule has 0 bridgehead atoms. The third-order valence-corrected chi connectivity index (χ3v) is 7.40. The topological polar surface area (TPSA) is 116 Å². The van der Waals surface area contributed by atoms with E-state index in [0.717, 1.165) is 32.0 Å². The maximum Gasteiger partial charge on any atom is 0.416 e. The van der Waals surface area contributed by atoms with Crippen LogP contribution in [0.5, 0.6) is 0 Å². The molecular formula is C31H30F3N5O4. The van der Waals surface area contributed by atoms with E-state index in [9.17, 15) is 27.6 Å². The number of aromatic amines is 1. The summed E-state index contributed by atoms with van der Waals surface area (Å²) in [6, 6.07) is 11.7. The van der Waals surface area contributed by atoms with E-state index in [2.05, 4.69) is 20.6 Å². The van der Waals surface area contributed by atoms with Crippen LogP contribution in [-0.2, 0) is 24.0 Å². The van der Waals surface area contributed by atoms with Crippen molar-refractivity contribution in [3.8, 4) is 0 Å². The second-order valence-corrected chi connectivity index (χ2v) is 10.5. The number of methoxy groups -OCH3 is 1. The molecule has 0 saturated carbocycles. The Labute approximate surface area is 245 Å². The van der Waals surface area contributed by atoms with Crippen LogP contribution in [0.25, 0.3) is 11.0 Å². The number of fused-ring (bicyclic) bond motifs is 1. The van der Waals surface area contributed by atoms with Crippen molar-refractivity contribution in [3.05, 3.63) is 93.8 Å². The lowest BCUT2D eigenvalue weighted by atomic mass is 10.0. The number of likely N-dealkylation sites (tertiary alicyclic amines) is 1. The zero-order chi connectivity index (χ0) is 30.7. The summed E-state index contributed by atoms with van der Waals surface area (Å²) >= 11 is 0. The molecule has 0 unspecified atom stereocenters. The average Bonchev–Trinajstić information content (AvgIpc) is 3.65. The van der Waals surface area contributed by atoms with Crippen molar-refractivity contribution in [1.29, 1.82) is 0 Å². The summed E-state index contributed by atoms with van der Waals surface area (Å²) in [5.41, 5.74) is 1.81. The fourth-order valence-corrected chi connectivity index (χ4v) is 5.10. The molecule has 1 fully saturated rings. The Balaban J connectivity index is 1.27. The number of H-pyrrole nitrogens is 1. The highest BCUT2D eigenvalue weighted by atomic mass is 19.4. The Morgan fingerprint density at radius 3 is 2.51 bits per heavy atom. The second-order valence-electron chi connectivity index (χ2n) is 10.5. The Bertz CT molecular complexity index is 1690. The maximum absolute atomic E-state index is 13.9. The predicted octanol–water partition coefficient (Wildman–Crippen LogP) is 5.45. The molecule has 2 aromatic heterocycles. The summed E-state index contributed by atoms with van der Waals surface area (Å²) in [6.45, 7) is 3.55. The number of carbonyl (C=O) groups excluding carboxylic acids is 3. The number of hydrogen-bond donors (Lipinski definition) is 3. The zero-order valence-electron chi connectivity index (χ0n) is 23.6. The number of carbonyl (C=O) groups is 3. The number of alkyl halides is 3. The Hall–Kier alpha value is -4.71. The highest BCUT2D eigenvalue weighted by Gasteiger charge is 2.34. The van der Waals surface area contributed by atoms with E-state index in [-0.39, 0.29) is 35.6 Å². The van der Waals surface area contributed by atoms with Crippen molar-refractivity contribution >= 4 is 34.5 Å². The van der Waals surface area contributed by atoms with Crippen LogP contribution in [0.2, 0.25) is 0 Å². The third kappa shape index (κ3) is 6.86. The van der Waals surface area contributed by atoms with Gasteiger partial charge in [-0.05, 0) is 85.9 Å². The quantitative estimate of drug-likeness (QED) is 0.234. The van der Waals surface area contributed by atoms with E-state index in [1.165, 1.54) is 25.3 Å². The van der Waals surface area contributed by atoms with Crippen LogP contribution in [0, 0.1) is 6.92 Å². The molecule has 1 aliphatic rings. The van der Waals surface area contributed by atoms with Crippen LogP contribution >= 0.6 is 0 Å². The molecule has 224 valence electrons. The molecule has 4 aromatic rings. The van der Waals surface area contributed by atoms with Crippen molar-refractivity contribution in [3.63, 3.8) is 0 Å². The van der Waals surface area contributed by atoms with Crippen LogP contribution in [0.15, 0.2) is 54.7 Å². The molecule has 1 saturated heterocycles. The van der Waals surface area contributed by atoms with Gasteiger partial charge < -0.3 is 20.4 Å². The fourth-order valence-electron chi connectivity index (χ4n) is 5.10. The van der Waals surface area contributed by atoms with E-state index in [4.69, 9.17) is 4.74 Å². The van der Waals surface area contributed by atoms with Gasteiger partial charge in [-0.2, -0.15) is 13.2 Å². The smallest absolute Gasteiger partial charge is 0.416 e. The minimum absolute atomic E-state index is 0.132. The van der Waals surface area contributed by atoms with Gasteiger partial charge in [0.15, 0.2) is 0 Å². The molecule has 0 aliphatic carbocycles. The molecular weight excluding hydrogens is 563 g/mol. The highest BCUT2D eigenvalue weighted by molar-refractivity contribution is 6.05. The van der Waals surface area contributed by atoms with Crippen LogP contribution in [0.4, 0.5) is 18.9 Å². The van der Waals surface area contributed by atoms with Gasteiger partial charge in [-0.3, -0.25) is 14.5 Å². The maximum atomic E-state index is 13.9. The molecule has 3 N–H and O–H groups in total. The second kappa shape index (κ2) is 12.3. The number of nitrogens with zero attached hydrogens (tertiary/aromatic N) is 2. The lowest BCUT2D eigenvalue weighted by molar-refractivity contribution is -0.138. The van der Waals surface area contributed by atoms with Crippen molar-refractivity contribution < 1.29 is 32.3 Å². The number of pyridine rings is 1. The molecule has 12 heteroatoms. The van der Waals surface area contributed by atoms with Gasteiger partial charge in [-0.25, -0.2) is 9.78 Å². The lowest BCUT2D eigenvalue weighted by Gasteiger charge is -2.19. The van der Waals surface area contributed by atoms with E-state index < -0.39 is 29.5 Å². The monoisotopic (exact) mass is 593 g/mol. The largest absolute Gasteiger partial charge is 0.464 e. The van der Waals surface area contributed by atoms with Crippen LogP contribution in [0.3, 0.4) is 0 Å². The van der Waals surface area contributed by atoms with Crippen molar-refractivity contribution in [1.82, 2.24) is 20.2 Å². The average molecular weight is 594 g/mol. The number of aryl methyl sites for hydroxylation is 1. The lowest BCUT2D eigenvalue weighted by Crippen LogP contribution is -2.24. The van der Waals surface area contributed by atoms with E-state index in [0.29, 0.717) is 27.7 Å². The molecule has 0 radical (unpaired) electrons. The van der Waals surface area contributed by atoms with Gasteiger partial charge in [-0.15, -0.1) is 0 Å². The summed E-state index contributed by atoms with van der Waals surface area (Å²) in [7, 11) is 1.28. The van der Waals surface area contributed by atoms with Crippen LogP contribution < -0.4 is 10.6 Å². The number of anilines is 1. The Morgan fingerprint density at radius 1 is 1.02 bits per heavy atom. The van der Waals surface area contributed by atoms with Gasteiger partial charge in [0.1, 0.15) is 11.3 Å². The predicted molar refractivity (Wildman–Crippen MR) is 154 cm³/mol. The molecule has 0 spiro atoms. The van der Waals surface area contributed by atoms with Gasteiger partial charge in [0.25, 0.3) is 11.8 Å². The molecule has 2 aromatic carbocycles. The summed E-state index contributed by atoms with van der Waals surface area (Å²) in [5.74, 6) is -1.65. The Morgan fingerprint density at radius 2 is 1.79 bits per heavy atom. The van der Waals surface area contributed by atoms with Gasteiger partial charge in [0.05, 0.1) is 12.7 Å². The number of amides is 2. The third-order valence-electron chi connectivity index (χ3n) is 7.40. The number of ether oxygens (including phenoxy) is 1. The number of benzene rings is 2. The normalized spacial score (nSPS) is 13.7. The number of aromatic nitrogens is 2. The summed E-state index contributed by atoms with van der Waals surface area (Å²) in [6.07, 6.45) is -1.13. The standard InChI is InChI=1S/C31H30F3N5O4/c1-18-5-8-23(37-28(40)20-6-7-21(17-39-9-3-4-10-39)25(12-20)31(32,33)34)14-24(18)29(41)36-16-19-11-22-13-26(30(42)43-2)38-27(22)35-15-19/h5-8,11-15H,3-4,9-10,16-17H2,1-2H3,(H,35,38)(H,36,41)(H,37,40). The first-order chi connectivity index (χ1) is 20.5. The van der Waals surface area contributed by atoms with Crippen LogP contribution in [-0.4, -0.2) is 52.9 Å². The minimum Gasteiger partial charge on any atom is -0.464 e. The number of nitrogens with one attached hydrogen (secondary N) is 3. The summed E-state index contributed by atoms with van der Waals surface area (Å²) in [5, 5.41) is 6.10. The first kappa shape index (κ1) is 29.8. The SMILES string of the molecule is COC(=O)c1cc2cc(CNC(=O)c3cc(NC(=O)c4ccc(CN5CCCC5)c(C(F)(F)F)c4)ccc3C)cnc2[nH]1. The highest BCUT2D eigenvalue weighted by Crippen LogP contribution is 2.34. The number of halogens is 3. The fraction of sp³-hybridized carbons (Fsp3) is 0.290. The minimum atomic E-state index is -4.61. The van der Waals surface area contributed by atoms with Gasteiger partial charge >= 0.3 is 12.1 Å². The van der Waals surface area contributed by atoms with E-state index in [1.807, 2.05) is 4.90 Å². The number of hydrogen-bond acceptors (Lipinski definition) is 6. The molecule has 2 amide bonds. The Kier molecular flexibility index (Phi) is 8.49. The van der Waals surface area contributed by atoms with Gasteiger partial charge in [0, 0.05) is 41.5 Å². The molecule has 5 rings (SSSR count). The molecule has 43 heavy (non-hydrogen) atoms. The first-order valence-corrected chi connectivity index (χ1v) is 13.7. The van der Waals surface area contributed by atoms with Crippen molar-refractivity contribution in [2.24, 2.45) is 0 Å². The summed E-state index contributed by atoms with van der Waals surface area (Å²) in [4.78, 5) is 46.9. The molecule has 1 aliphatic heterocycles. The van der Waals surface area contributed by atoms with E-state index >= 15 is 0 Å². The number of rotatable bonds is 8. The van der Waals surface area contributed by atoms with Crippen molar-refractivity contribution in [2.45, 2.75) is 39.0 Å². The van der Waals surface area contributed by atoms with Crippen LogP contribution in [0.1, 0.15) is 66.3 Å². The van der Waals surface area contributed by atoms with E-state index in [1.54, 1.807) is 37.4 Å². The van der Waals surface area contributed by atoms with Gasteiger partial charge in [0.2, 0.25) is 0 Å². The zero-order valence-corrected chi connectivity index (χ0v) is 23.6. The van der Waals surface area contributed by atoms with Gasteiger partial charge in [-0.1, -0.05) is 12.1 Å². The summed E-state index contributed by atoms with van der Waals surface area (Å²) < 4.78 is 46.4. The molecule has 0 atom stereocenters.